The smallest absolute Gasteiger partial charge is 0.353 e. The van der Waals surface area contributed by atoms with Crippen molar-refractivity contribution in [3.8, 4) is 11.1 Å². The summed E-state index contributed by atoms with van der Waals surface area (Å²) in [7, 11) is 0. The number of hydrogen-bond donors (Lipinski definition) is 2. The number of aromatic amines is 1. The average molecular weight is 461 g/mol. The van der Waals surface area contributed by atoms with Gasteiger partial charge in [-0.15, -0.1) is 0 Å². The molecular weight excluding hydrogens is 444 g/mol. The van der Waals surface area contributed by atoms with E-state index in [1.54, 1.807) is 12.1 Å². The molecule has 0 bridgehead atoms. The highest BCUT2D eigenvalue weighted by molar-refractivity contribution is 6.17. The number of aromatic nitrogens is 3. The summed E-state index contributed by atoms with van der Waals surface area (Å²) in [5.41, 5.74) is 0.391. The fourth-order valence-corrected chi connectivity index (χ4v) is 4.54. The van der Waals surface area contributed by atoms with E-state index in [-0.39, 0.29) is 56.8 Å². The fraction of sp³-hybridized carbons (Fsp3) is 0.160. The van der Waals surface area contributed by atoms with Crippen molar-refractivity contribution in [1.29, 1.82) is 0 Å². The van der Waals surface area contributed by atoms with Gasteiger partial charge in [0, 0.05) is 23.4 Å². The molecule has 34 heavy (non-hydrogen) atoms. The van der Waals surface area contributed by atoms with Gasteiger partial charge in [-0.25, -0.2) is 13.6 Å². The van der Waals surface area contributed by atoms with Gasteiger partial charge in [0.25, 0.3) is 5.56 Å². The quantitative estimate of drug-likeness (QED) is 0.382. The van der Waals surface area contributed by atoms with E-state index in [1.807, 2.05) is 0 Å². The van der Waals surface area contributed by atoms with Crippen LogP contribution in [0.25, 0.3) is 33.0 Å². The maximum atomic E-state index is 15.0. The third-order valence-electron chi connectivity index (χ3n) is 6.25. The van der Waals surface area contributed by atoms with Crippen LogP contribution in [0.15, 0.2) is 58.1 Å². The highest BCUT2D eigenvalue weighted by atomic mass is 19.1. The van der Waals surface area contributed by atoms with Crippen LogP contribution in [-0.4, -0.2) is 25.6 Å². The molecular formula is C25H17F2N3O4. The Morgan fingerprint density at radius 1 is 1.21 bits per heavy atom. The van der Waals surface area contributed by atoms with Crippen molar-refractivity contribution in [3.05, 3.63) is 87.9 Å². The predicted molar refractivity (Wildman–Crippen MR) is 120 cm³/mol. The minimum Gasteiger partial charge on any atom is -0.477 e. The SMILES string of the molecule is O=C(O)c1c(-c2ccc[nH]c2=O)c2c3occc3c(F)cc2n1Cc1nc(C2CC2)ccc1F. The van der Waals surface area contributed by atoms with Crippen molar-refractivity contribution in [2.75, 3.05) is 0 Å². The van der Waals surface area contributed by atoms with Crippen LogP contribution in [-0.2, 0) is 6.54 Å². The Balaban J connectivity index is 1.71. The second-order valence-corrected chi connectivity index (χ2v) is 8.38. The van der Waals surface area contributed by atoms with Crippen LogP contribution in [0.3, 0.4) is 0 Å². The van der Waals surface area contributed by atoms with Gasteiger partial charge in [-0.3, -0.25) is 9.78 Å². The first-order valence-corrected chi connectivity index (χ1v) is 10.7. The fourth-order valence-electron chi connectivity index (χ4n) is 4.54. The zero-order valence-corrected chi connectivity index (χ0v) is 17.6. The number of aromatic carboxylic acids is 1. The first-order valence-electron chi connectivity index (χ1n) is 10.7. The van der Waals surface area contributed by atoms with E-state index in [0.717, 1.165) is 18.5 Å². The minimum atomic E-state index is -1.35. The van der Waals surface area contributed by atoms with Crippen LogP contribution in [0.2, 0.25) is 0 Å². The number of nitrogens with one attached hydrogen (secondary N) is 1. The summed E-state index contributed by atoms with van der Waals surface area (Å²) in [5, 5.41) is 10.6. The van der Waals surface area contributed by atoms with Gasteiger partial charge in [0.1, 0.15) is 22.9 Å². The molecule has 1 aliphatic rings. The van der Waals surface area contributed by atoms with Crippen LogP contribution < -0.4 is 5.56 Å². The molecule has 7 nitrogen and oxygen atoms in total. The Morgan fingerprint density at radius 2 is 2.03 bits per heavy atom. The monoisotopic (exact) mass is 461 g/mol. The normalized spacial score (nSPS) is 13.7. The van der Waals surface area contributed by atoms with Crippen molar-refractivity contribution < 1.29 is 23.1 Å². The standard InChI is InChI=1S/C25H17F2N3O4/c26-15-5-6-17(12-3-4-12)29-18(15)11-30-19-10-16(27)13-7-9-34-23(13)21(19)20(22(30)25(32)33)14-2-1-8-28-24(14)31/h1-2,5-10,12H,3-4,11H2,(H,28,31)(H,32,33). The number of hydrogen-bond acceptors (Lipinski definition) is 4. The number of carboxylic acid groups (broad SMARTS) is 1. The van der Waals surface area contributed by atoms with E-state index in [9.17, 15) is 23.5 Å². The summed E-state index contributed by atoms with van der Waals surface area (Å²) < 4.78 is 36.6. The molecule has 0 amide bonds. The van der Waals surface area contributed by atoms with Crippen LogP contribution in [0, 0.1) is 11.6 Å². The third-order valence-corrected chi connectivity index (χ3v) is 6.25. The number of H-pyrrole nitrogens is 1. The number of rotatable bonds is 5. The highest BCUT2D eigenvalue weighted by Crippen LogP contribution is 2.41. The molecule has 0 aliphatic heterocycles. The largest absolute Gasteiger partial charge is 0.477 e. The van der Waals surface area contributed by atoms with E-state index in [1.165, 1.54) is 41.3 Å². The van der Waals surface area contributed by atoms with Crippen LogP contribution >= 0.6 is 0 Å². The molecule has 0 unspecified atom stereocenters. The molecule has 0 atom stereocenters. The van der Waals surface area contributed by atoms with E-state index >= 15 is 0 Å². The van der Waals surface area contributed by atoms with Gasteiger partial charge in [0.05, 0.1) is 40.4 Å². The summed E-state index contributed by atoms with van der Waals surface area (Å²) in [6, 6.07) is 8.60. The maximum absolute atomic E-state index is 15.0. The Kier molecular flexibility index (Phi) is 4.41. The van der Waals surface area contributed by atoms with E-state index in [2.05, 4.69) is 9.97 Å². The molecule has 9 heteroatoms. The molecule has 0 radical (unpaired) electrons. The number of benzene rings is 1. The minimum absolute atomic E-state index is 0.0391. The van der Waals surface area contributed by atoms with E-state index in [0.29, 0.717) is 0 Å². The summed E-state index contributed by atoms with van der Waals surface area (Å²) in [6.07, 6.45) is 4.65. The number of fused-ring (bicyclic) bond motifs is 3. The van der Waals surface area contributed by atoms with Crippen molar-refractivity contribution in [1.82, 2.24) is 14.5 Å². The molecule has 6 rings (SSSR count). The number of pyridine rings is 2. The van der Waals surface area contributed by atoms with Gasteiger partial charge in [0.15, 0.2) is 0 Å². The first-order chi connectivity index (χ1) is 16.4. The topological polar surface area (TPSA) is 101 Å². The molecule has 4 heterocycles. The van der Waals surface area contributed by atoms with E-state index < -0.39 is 23.2 Å². The Morgan fingerprint density at radius 3 is 2.76 bits per heavy atom. The Labute approximate surface area is 190 Å². The number of carboxylic acids is 1. The zero-order chi connectivity index (χ0) is 23.6. The lowest BCUT2D eigenvalue weighted by molar-refractivity contribution is 0.0687. The van der Waals surface area contributed by atoms with Gasteiger partial charge < -0.3 is 19.1 Å². The number of halogens is 2. The van der Waals surface area contributed by atoms with Crippen molar-refractivity contribution in [3.63, 3.8) is 0 Å². The molecule has 0 saturated heterocycles. The summed E-state index contributed by atoms with van der Waals surface area (Å²) >= 11 is 0. The zero-order valence-electron chi connectivity index (χ0n) is 17.6. The summed E-state index contributed by atoms with van der Waals surface area (Å²) in [4.78, 5) is 32.2. The summed E-state index contributed by atoms with van der Waals surface area (Å²) in [6.45, 7) is -0.263. The van der Waals surface area contributed by atoms with Crippen molar-refractivity contribution >= 4 is 27.8 Å². The van der Waals surface area contributed by atoms with Crippen molar-refractivity contribution in [2.45, 2.75) is 25.3 Å². The van der Waals surface area contributed by atoms with Gasteiger partial charge in [-0.2, -0.15) is 0 Å². The summed E-state index contributed by atoms with van der Waals surface area (Å²) in [5.74, 6) is -2.31. The molecule has 1 aliphatic carbocycles. The van der Waals surface area contributed by atoms with Crippen LogP contribution in [0.4, 0.5) is 8.78 Å². The number of carbonyl (C=O) groups is 1. The van der Waals surface area contributed by atoms with Gasteiger partial charge >= 0.3 is 5.97 Å². The van der Waals surface area contributed by atoms with Gasteiger partial charge in [-0.1, -0.05) is 0 Å². The van der Waals surface area contributed by atoms with Gasteiger partial charge in [-0.05, 0) is 49.2 Å². The lowest BCUT2D eigenvalue weighted by atomic mass is 10.0. The molecule has 1 fully saturated rings. The molecule has 1 saturated carbocycles. The molecule has 5 aromatic rings. The second kappa shape index (κ2) is 7.38. The lowest BCUT2D eigenvalue weighted by Gasteiger charge is -2.11. The Hall–Kier alpha value is -4.27. The molecule has 4 aromatic heterocycles. The predicted octanol–water partition coefficient (Wildman–Crippen LogP) is 5.04. The maximum Gasteiger partial charge on any atom is 0.353 e. The molecule has 2 N–H and O–H groups in total. The lowest BCUT2D eigenvalue weighted by Crippen LogP contribution is -2.15. The third kappa shape index (κ3) is 3.04. The molecule has 170 valence electrons. The molecule has 0 spiro atoms. The highest BCUT2D eigenvalue weighted by Gasteiger charge is 2.30. The van der Waals surface area contributed by atoms with Crippen molar-refractivity contribution in [2.24, 2.45) is 0 Å². The van der Waals surface area contributed by atoms with E-state index in [4.69, 9.17) is 4.42 Å². The number of furan rings is 1. The molecule has 1 aromatic carbocycles. The number of nitrogens with zero attached hydrogens (tertiary/aromatic N) is 2. The Bertz CT molecular complexity index is 1680. The van der Waals surface area contributed by atoms with Crippen LogP contribution in [0.5, 0.6) is 0 Å². The second-order valence-electron chi connectivity index (χ2n) is 8.38. The van der Waals surface area contributed by atoms with Crippen LogP contribution in [0.1, 0.15) is 40.6 Å². The average Bonchev–Trinajstić information content (AvgIpc) is 3.45. The van der Waals surface area contributed by atoms with Gasteiger partial charge in [0.2, 0.25) is 0 Å². The first kappa shape index (κ1) is 20.3.